The van der Waals surface area contributed by atoms with Gasteiger partial charge in [-0.05, 0) is 40.8 Å². The summed E-state index contributed by atoms with van der Waals surface area (Å²) in [6.07, 6.45) is 0.456. The summed E-state index contributed by atoms with van der Waals surface area (Å²) in [4.78, 5) is 24.9. The fraction of sp³-hybridized carbons (Fsp3) is 0.333. The van der Waals surface area contributed by atoms with Crippen molar-refractivity contribution < 1.29 is 14.3 Å². The number of carbonyl (C=O) groups is 2. The SMILES string of the molecule is COC(=O)c1ccc(N2CC(S)CC2=O)c(I)c1. The smallest absolute Gasteiger partial charge is 0.337 e. The Morgan fingerprint density at radius 1 is 1.56 bits per heavy atom. The molecule has 0 N–H and O–H groups in total. The Hall–Kier alpha value is -0.760. The molecule has 2 rings (SSSR count). The minimum atomic E-state index is -0.376. The Balaban J connectivity index is 2.30. The lowest BCUT2D eigenvalue weighted by Crippen LogP contribution is -2.25. The molecule has 1 aromatic carbocycles. The Morgan fingerprint density at radius 2 is 2.28 bits per heavy atom. The third-order valence-corrected chi connectivity index (χ3v) is 3.97. The van der Waals surface area contributed by atoms with Crippen LogP contribution in [0.3, 0.4) is 0 Å². The van der Waals surface area contributed by atoms with E-state index >= 15 is 0 Å². The van der Waals surface area contributed by atoms with E-state index in [0.29, 0.717) is 18.5 Å². The van der Waals surface area contributed by atoms with Gasteiger partial charge in [0.1, 0.15) is 0 Å². The molecule has 0 bridgehead atoms. The predicted molar refractivity (Wildman–Crippen MR) is 80.2 cm³/mol. The molecule has 0 spiro atoms. The number of nitrogens with zero attached hydrogens (tertiary/aromatic N) is 1. The third kappa shape index (κ3) is 2.64. The van der Waals surface area contributed by atoms with Crippen molar-refractivity contribution in [3.05, 3.63) is 27.3 Å². The van der Waals surface area contributed by atoms with Crippen LogP contribution in [0.4, 0.5) is 5.69 Å². The highest BCUT2D eigenvalue weighted by atomic mass is 127. The number of esters is 1. The maximum Gasteiger partial charge on any atom is 0.337 e. The number of anilines is 1. The zero-order valence-corrected chi connectivity index (χ0v) is 12.8. The number of carbonyl (C=O) groups excluding carboxylic acids is 2. The molecule has 0 aliphatic carbocycles. The van der Waals surface area contributed by atoms with E-state index in [0.717, 1.165) is 9.26 Å². The molecule has 1 aliphatic heterocycles. The van der Waals surface area contributed by atoms with Crippen LogP contribution in [-0.4, -0.2) is 30.8 Å². The maximum absolute atomic E-state index is 11.8. The lowest BCUT2D eigenvalue weighted by atomic mass is 10.2. The summed E-state index contributed by atoms with van der Waals surface area (Å²) in [5, 5.41) is 0.0774. The Morgan fingerprint density at radius 3 is 2.78 bits per heavy atom. The quantitative estimate of drug-likeness (QED) is 0.488. The normalized spacial score (nSPS) is 19.2. The minimum absolute atomic E-state index is 0.0683. The fourth-order valence-corrected chi connectivity index (χ4v) is 3.02. The third-order valence-electron chi connectivity index (χ3n) is 2.76. The molecule has 18 heavy (non-hydrogen) atoms. The lowest BCUT2D eigenvalue weighted by Gasteiger charge is -2.18. The second kappa shape index (κ2) is 5.48. The van der Waals surface area contributed by atoms with E-state index in [2.05, 4.69) is 40.0 Å². The van der Waals surface area contributed by atoms with Crippen molar-refractivity contribution >= 4 is 52.8 Å². The van der Waals surface area contributed by atoms with Crippen LogP contribution in [0, 0.1) is 3.57 Å². The van der Waals surface area contributed by atoms with Gasteiger partial charge in [-0.15, -0.1) is 0 Å². The van der Waals surface area contributed by atoms with Crippen LogP contribution in [-0.2, 0) is 9.53 Å². The molecule has 1 saturated heterocycles. The number of amides is 1. The summed E-state index contributed by atoms with van der Waals surface area (Å²) < 4.78 is 5.51. The van der Waals surface area contributed by atoms with Gasteiger partial charge in [0.25, 0.3) is 0 Å². The van der Waals surface area contributed by atoms with Gasteiger partial charge < -0.3 is 9.64 Å². The number of rotatable bonds is 2. The molecular weight excluding hydrogens is 365 g/mol. The highest BCUT2D eigenvalue weighted by Crippen LogP contribution is 2.29. The van der Waals surface area contributed by atoms with Crippen LogP contribution in [0.15, 0.2) is 18.2 Å². The molecule has 1 fully saturated rings. The topological polar surface area (TPSA) is 46.6 Å². The number of ether oxygens (including phenoxy) is 1. The first-order valence-electron chi connectivity index (χ1n) is 5.39. The van der Waals surface area contributed by atoms with Crippen molar-refractivity contribution in [2.45, 2.75) is 11.7 Å². The van der Waals surface area contributed by atoms with Crippen LogP contribution in [0.5, 0.6) is 0 Å². The van der Waals surface area contributed by atoms with Gasteiger partial charge >= 0.3 is 5.97 Å². The first kappa shape index (κ1) is 13.7. The van der Waals surface area contributed by atoms with E-state index in [-0.39, 0.29) is 17.1 Å². The van der Waals surface area contributed by atoms with Crippen molar-refractivity contribution in [1.29, 1.82) is 0 Å². The molecule has 1 aliphatic rings. The number of benzene rings is 1. The summed E-state index contributed by atoms with van der Waals surface area (Å²) in [7, 11) is 1.35. The van der Waals surface area contributed by atoms with Gasteiger partial charge in [0.15, 0.2) is 0 Å². The van der Waals surface area contributed by atoms with Gasteiger partial charge in [-0.25, -0.2) is 4.79 Å². The molecule has 1 heterocycles. The monoisotopic (exact) mass is 377 g/mol. The van der Waals surface area contributed by atoms with Crippen LogP contribution < -0.4 is 4.90 Å². The van der Waals surface area contributed by atoms with Crippen LogP contribution in [0.2, 0.25) is 0 Å². The van der Waals surface area contributed by atoms with Crippen molar-refractivity contribution in [2.24, 2.45) is 0 Å². The molecule has 96 valence electrons. The Labute approximate surface area is 124 Å². The van der Waals surface area contributed by atoms with E-state index < -0.39 is 0 Å². The van der Waals surface area contributed by atoms with E-state index in [4.69, 9.17) is 0 Å². The van der Waals surface area contributed by atoms with Gasteiger partial charge in [-0.2, -0.15) is 12.6 Å². The van der Waals surface area contributed by atoms with E-state index in [1.165, 1.54) is 7.11 Å². The summed E-state index contributed by atoms with van der Waals surface area (Å²) in [5.74, 6) is -0.307. The van der Waals surface area contributed by atoms with Crippen LogP contribution in [0.25, 0.3) is 0 Å². The molecule has 1 aromatic rings. The standard InChI is InChI=1S/C12H12INO3S/c1-17-12(16)7-2-3-10(9(13)4-7)14-6-8(18)5-11(14)15/h2-4,8,18H,5-6H2,1H3. The minimum Gasteiger partial charge on any atom is -0.465 e. The number of thiol groups is 1. The Bertz CT molecular complexity index is 506. The molecule has 0 aromatic heterocycles. The molecule has 4 nitrogen and oxygen atoms in total. The molecule has 6 heteroatoms. The zero-order valence-electron chi connectivity index (χ0n) is 9.72. The van der Waals surface area contributed by atoms with E-state index in [9.17, 15) is 9.59 Å². The largest absolute Gasteiger partial charge is 0.465 e. The number of hydrogen-bond donors (Lipinski definition) is 1. The molecule has 0 saturated carbocycles. The summed E-state index contributed by atoms with van der Waals surface area (Å²) in [5.41, 5.74) is 1.31. The molecular formula is C12H12INO3S. The predicted octanol–water partition coefficient (Wildman–Crippen LogP) is 2.11. The van der Waals surface area contributed by atoms with Crippen molar-refractivity contribution in [3.63, 3.8) is 0 Å². The van der Waals surface area contributed by atoms with Gasteiger partial charge in [0.2, 0.25) is 5.91 Å². The van der Waals surface area contributed by atoms with Crippen molar-refractivity contribution in [2.75, 3.05) is 18.6 Å². The van der Waals surface area contributed by atoms with Gasteiger partial charge in [0, 0.05) is 21.8 Å². The van der Waals surface area contributed by atoms with Crippen LogP contribution >= 0.6 is 35.2 Å². The van der Waals surface area contributed by atoms with Gasteiger partial charge in [-0.1, -0.05) is 0 Å². The highest BCUT2D eigenvalue weighted by molar-refractivity contribution is 14.1. The van der Waals surface area contributed by atoms with Gasteiger partial charge in [-0.3, -0.25) is 4.79 Å². The molecule has 1 atom stereocenters. The first-order chi connectivity index (χ1) is 8.52. The number of methoxy groups -OCH3 is 1. The molecule has 1 unspecified atom stereocenters. The average Bonchev–Trinajstić information content (AvgIpc) is 2.67. The second-order valence-electron chi connectivity index (χ2n) is 4.02. The van der Waals surface area contributed by atoms with E-state index in [1.807, 2.05) is 0 Å². The van der Waals surface area contributed by atoms with Crippen molar-refractivity contribution in [3.8, 4) is 0 Å². The van der Waals surface area contributed by atoms with E-state index in [1.54, 1.807) is 23.1 Å². The van der Waals surface area contributed by atoms with Gasteiger partial charge in [0.05, 0.1) is 18.4 Å². The average molecular weight is 377 g/mol. The Kier molecular flexibility index (Phi) is 4.16. The maximum atomic E-state index is 11.8. The molecule has 1 amide bonds. The summed E-state index contributed by atoms with van der Waals surface area (Å²) in [6.45, 7) is 0.607. The fourth-order valence-electron chi connectivity index (χ4n) is 1.89. The second-order valence-corrected chi connectivity index (χ2v) is 5.91. The number of hydrogen-bond acceptors (Lipinski definition) is 4. The van der Waals surface area contributed by atoms with Crippen molar-refractivity contribution in [1.82, 2.24) is 0 Å². The lowest BCUT2D eigenvalue weighted by molar-refractivity contribution is -0.117. The number of halogens is 1. The highest BCUT2D eigenvalue weighted by Gasteiger charge is 2.29. The zero-order chi connectivity index (χ0) is 13.3. The molecule has 0 radical (unpaired) electrons. The van der Waals surface area contributed by atoms with Crippen LogP contribution in [0.1, 0.15) is 16.8 Å². The summed E-state index contributed by atoms with van der Waals surface area (Å²) >= 11 is 6.44. The summed E-state index contributed by atoms with van der Waals surface area (Å²) in [6, 6.07) is 5.17. The first-order valence-corrected chi connectivity index (χ1v) is 6.98.